The number of alkyl halides is 1. The Morgan fingerprint density at radius 2 is 2.31 bits per heavy atom. The lowest BCUT2D eigenvalue weighted by molar-refractivity contribution is 0.413. The number of hydrogen-bond donors (Lipinski definition) is 0. The summed E-state index contributed by atoms with van der Waals surface area (Å²) in [5, 5.41) is 0. The summed E-state index contributed by atoms with van der Waals surface area (Å²) >= 11 is 3.64. The molecule has 0 bridgehead atoms. The van der Waals surface area contributed by atoms with Gasteiger partial charge in [0.25, 0.3) is 0 Å². The minimum absolute atomic E-state index is 0.360. The van der Waals surface area contributed by atoms with E-state index >= 15 is 0 Å². The highest BCUT2D eigenvalue weighted by Gasteiger charge is 2.32. The highest BCUT2D eigenvalue weighted by atomic mass is 79.9. The second kappa shape index (κ2) is 3.81. The fraction of sp³-hybridized carbons (Fsp3) is 0.455. The maximum atomic E-state index is 5.25. The molecule has 0 amide bonds. The molecule has 0 radical (unpaired) electrons. The molecule has 3 unspecified atom stereocenters. The second-order valence-electron chi connectivity index (χ2n) is 3.54. The van der Waals surface area contributed by atoms with Crippen LogP contribution < -0.4 is 0 Å². The summed E-state index contributed by atoms with van der Waals surface area (Å²) in [6.07, 6.45) is 11.3. The summed E-state index contributed by atoms with van der Waals surface area (Å²) in [4.78, 5) is 0.360. The molecule has 0 N–H and O–H groups in total. The molecule has 1 fully saturated rings. The first-order valence-electron chi connectivity index (χ1n) is 4.59. The molecule has 2 aliphatic rings. The lowest BCUT2D eigenvalue weighted by Crippen LogP contribution is -2.08. The molecule has 0 aromatic carbocycles. The lowest BCUT2D eigenvalue weighted by atomic mass is 10.1. The lowest BCUT2D eigenvalue weighted by Gasteiger charge is -2.06. The topological polar surface area (TPSA) is 12.5 Å². The fourth-order valence-corrected chi connectivity index (χ4v) is 1.96. The summed E-state index contributed by atoms with van der Waals surface area (Å²) in [5.74, 6) is 0.536. The van der Waals surface area contributed by atoms with Gasteiger partial charge in [0.15, 0.2) is 0 Å². The summed E-state index contributed by atoms with van der Waals surface area (Å²) in [6.45, 7) is 3.07. The largest absolute Gasteiger partial charge is 0.372 e. The Bertz CT molecular complexity index is 274. The number of epoxide rings is 1. The van der Waals surface area contributed by atoms with E-state index in [2.05, 4.69) is 53.2 Å². The SMILES string of the molecule is CC1C=CC=C(C(Br)C2CO2)C=C1. The normalized spacial score (nSPS) is 33.8. The first kappa shape index (κ1) is 9.22. The van der Waals surface area contributed by atoms with Crippen LogP contribution in [0.4, 0.5) is 0 Å². The summed E-state index contributed by atoms with van der Waals surface area (Å²) in [5.41, 5.74) is 1.31. The third-order valence-electron chi connectivity index (χ3n) is 2.30. The molecule has 0 saturated carbocycles. The maximum absolute atomic E-state index is 5.25. The van der Waals surface area contributed by atoms with E-state index in [1.165, 1.54) is 5.57 Å². The van der Waals surface area contributed by atoms with Crippen LogP contribution in [-0.2, 0) is 4.74 Å². The van der Waals surface area contributed by atoms with E-state index in [9.17, 15) is 0 Å². The monoisotopic (exact) mass is 240 g/mol. The van der Waals surface area contributed by atoms with Gasteiger partial charge in [-0.05, 0) is 11.5 Å². The first-order chi connectivity index (χ1) is 6.27. The number of halogens is 1. The number of rotatable bonds is 2. The van der Waals surface area contributed by atoms with Gasteiger partial charge in [-0.1, -0.05) is 53.2 Å². The van der Waals surface area contributed by atoms with Crippen molar-refractivity contribution in [3.63, 3.8) is 0 Å². The van der Waals surface area contributed by atoms with Crippen LogP contribution in [0.2, 0.25) is 0 Å². The number of ether oxygens (including phenoxy) is 1. The van der Waals surface area contributed by atoms with E-state index in [0.717, 1.165) is 6.61 Å². The van der Waals surface area contributed by atoms with E-state index in [0.29, 0.717) is 16.8 Å². The van der Waals surface area contributed by atoms with Gasteiger partial charge in [0.2, 0.25) is 0 Å². The summed E-state index contributed by atoms with van der Waals surface area (Å²) in [7, 11) is 0. The second-order valence-corrected chi connectivity index (χ2v) is 4.53. The zero-order valence-corrected chi connectivity index (χ0v) is 9.20. The molecule has 70 valence electrons. The van der Waals surface area contributed by atoms with Gasteiger partial charge >= 0.3 is 0 Å². The van der Waals surface area contributed by atoms with E-state index in [1.54, 1.807) is 0 Å². The Morgan fingerprint density at radius 1 is 1.54 bits per heavy atom. The molecule has 1 heterocycles. The molecule has 0 aromatic heterocycles. The molecule has 1 aliphatic carbocycles. The molecule has 13 heavy (non-hydrogen) atoms. The van der Waals surface area contributed by atoms with Crippen molar-refractivity contribution in [1.82, 2.24) is 0 Å². The van der Waals surface area contributed by atoms with Crippen molar-refractivity contribution in [2.24, 2.45) is 5.92 Å². The van der Waals surface area contributed by atoms with Gasteiger partial charge in [0.1, 0.15) is 0 Å². The zero-order valence-electron chi connectivity index (χ0n) is 7.61. The van der Waals surface area contributed by atoms with Crippen molar-refractivity contribution in [2.75, 3.05) is 6.61 Å². The van der Waals surface area contributed by atoms with Crippen LogP contribution in [0.3, 0.4) is 0 Å². The van der Waals surface area contributed by atoms with Crippen LogP contribution in [0.1, 0.15) is 6.92 Å². The van der Waals surface area contributed by atoms with Gasteiger partial charge in [-0.25, -0.2) is 0 Å². The average molecular weight is 241 g/mol. The summed E-state index contributed by atoms with van der Waals surface area (Å²) < 4.78 is 5.25. The maximum Gasteiger partial charge on any atom is 0.0975 e. The average Bonchev–Trinajstić information content (AvgIpc) is 2.89. The Morgan fingerprint density at radius 3 is 3.00 bits per heavy atom. The molecular weight excluding hydrogens is 228 g/mol. The highest BCUT2D eigenvalue weighted by Crippen LogP contribution is 2.28. The van der Waals surface area contributed by atoms with Gasteiger partial charge in [-0.3, -0.25) is 0 Å². The number of allylic oxidation sites excluding steroid dienone is 5. The highest BCUT2D eigenvalue weighted by molar-refractivity contribution is 9.09. The zero-order chi connectivity index (χ0) is 9.26. The van der Waals surface area contributed by atoms with Crippen LogP contribution in [0.15, 0.2) is 36.0 Å². The van der Waals surface area contributed by atoms with Crippen LogP contribution >= 0.6 is 15.9 Å². The molecule has 0 aromatic rings. The summed E-state index contributed by atoms with van der Waals surface area (Å²) in [6, 6.07) is 0. The van der Waals surface area contributed by atoms with Crippen LogP contribution in [0.25, 0.3) is 0 Å². The molecule has 3 atom stereocenters. The van der Waals surface area contributed by atoms with Crippen molar-refractivity contribution in [1.29, 1.82) is 0 Å². The third-order valence-corrected chi connectivity index (χ3v) is 3.42. The van der Waals surface area contributed by atoms with Crippen molar-refractivity contribution >= 4 is 15.9 Å². The van der Waals surface area contributed by atoms with Gasteiger partial charge in [0, 0.05) is 0 Å². The Kier molecular flexibility index (Phi) is 2.70. The van der Waals surface area contributed by atoms with Gasteiger partial charge in [-0.15, -0.1) is 0 Å². The quantitative estimate of drug-likeness (QED) is 0.535. The smallest absolute Gasteiger partial charge is 0.0975 e. The minimum Gasteiger partial charge on any atom is -0.372 e. The van der Waals surface area contributed by atoms with Crippen molar-refractivity contribution in [3.05, 3.63) is 36.0 Å². The predicted octanol–water partition coefficient (Wildman–Crippen LogP) is 2.84. The van der Waals surface area contributed by atoms with E-state index in [-0.39, 0.29) is 0 Å². The van der Waals surface area contributed by atoms with E-state index in [4.69, 9.17) is 4.74 Å². The Labute approximate surface area is 87.3 Å². The van der Waals surface area contributed by atoms with Crippen molar-refractivity contribution < 1.29 is 4.74 Å². The third kappa shape index (κ3) is 2.32. The molecule has 1 aliphatic heterocycles. The Hall–Kier alpha value is -0.340. The van der Waals surface area contributed by atoms with Crippen molar-refractivity contribution in [3.8, 4) is 0 Å². The first-order valence-corrected chi connectivity index (χ1v) is 5.51. The molecule has 2 heteroatoms. The molecule has 0 spiro atoms. The van der Waals surface area contributed by atoms with Crippen LogP contribution in [0, 0.1) is 5.92 Å². The van der Waals surface area contributed by atoms with Crippen LogP contribution in [-0.4, -0.2) is 17.5 Å². The standard InChI is InChI=1S/C11H13BrO/c1-8-3-2-4-9(6-5-8)11(12)10-7-13-10/h2-6,8,10-11H,7H2,1H3. The molecule has 1 saturated heterocycles. The van der Waals surface area contributed by atoms with E-state index in [1.807, 2.05) is 0 Å². The molecule has 2 rings (SSSR count). The van der Waals surface area contributed by atoms with Crippen LogP contribution in [0.5, 0.6) is 0 Å². The minimum atomic E-state index is 0.360. The van der Waals surface area contributed by atoms with Gasteiger partial charge < -0.3 is 4.74 Å². The fourth-order valence-electron chi connectivity index (χ4n) is 1.35. The van der Waals surface area contributed by atoms with E-state index < -0.39 is 0 Å². The number of hydrogen-bond acceptors (Lipinski definition) is 1. The van der Waals surface area contributed by atoms with Crippen molar-refractivity contribution in [2.45, 2.75) is 17.9 Å². The Balaban J connectivity index is 2.09. The molecule has 1 nitrogen and oxygen atoms in total. The van der Waals surface area contributed by atoms with Gasteiger partial charge in [-0.2, -0.15) is 0 Å². The van der Waals surface area contributed by atoms with Gasteiger partial charge in [0.05, 0.1) is 17.5 Å². The predicted molar refractivity (Wildman–Crippen MR) is 58.0 cm³/mol. The molecular formula is C11H13BrO.